The number of alkyl halides is 3. The number of aromatic nitrogens is 1. The van der Waals surface area contributed by atoms with Crippen LogP contribution in [0.2, 0.25) is 0 Å². The fraction of sp³-hybridized carbons (Fsp3) is 0.304. The highest BCUT2D eigenvalue weighted by Gasteiger charge is 2.45. The van der Waals surface area contributed by atoms with Crippen molar-refractivity contribution >= 4 is 11.4 Å². The Balaban J connectivity index is 1.50. The Labute approximate surface area is 177 Å². The van der Waals surface area contributed by atoms with Gasteiger partial charge in [-0.15, -0.1) is 0 Å². The van der Waals surface area contributed by atoms with E-state index in [2.05, 4.69) is 15.5 Å². The van der Waals surface area contributed by atoms with E-state index in [4.69, 9.17) is 4.42 Å². The van der Waals surface area contributed by atoms with E-state index in [1.165, 1.54) is 12.5 Å². The predicted octanol–water partition coefficient (Wildman–Crippen LogP) is 6.11. The lowest BCUT2D eigenvalue weighted by atomic mass is 9.60. The largest absolute Gasteiger partial charge is 0.444 e. The van der Waals surface area contributed by atoms with E-state index < -0.39 is 17.2 Å². The molecule has 31 heavy (non-hydrogen) atoms. The van der Waals surface area contributed by atoms with Gasteiger partial charge in [0.25, 0.3) is 0 Å². The van der Waals surface area contributed by atoms with Crippen molar-refractivity contribution in [3.63, 3.8) is 0 Å². The standard InChI is InChI=1S/C23H22F3N3O2/c24-23(25,26)20-8-2-1-7-19(20)22(9-4-10-22)12-18(29-30)13-28-17-6-3-5-16(11-17)21-14-27-15-31-21/h1-3,5-8,11,14-15,28,30H,4,9-10,12-13H2. The summed E-state index contributed by atoms with van der Waals surface area (Å²) in [6.07, 6.45) is 0.888. The Bertz CT molecular complexity index is 1060. The summed E-state index contributed by atoms with van der Waals surface area (Å²) in [7, 11) is 0. The molecule has 0 atom stereocenters. The van der Waals surface area contributed by atoms with Crippen LogP contribution in [0.3, 0.4) is 0 Å². The minimum Gasteiger partial charge on any atom is -0.444 e. The van der Waals surface area contributed by atoms with Gasteiger partial charge in [-0.3, -0.25) is 0 Å². The number of halogens is 3. The zero-order valence-corrected chi connectivity index (χ0v) is 16.7. The molecule has 0 radical (unpaired) electrons. The van der Waals surface area contributed by atoms with E-state index in [1.807, 2.05) is 24.3 Å². The number of hydrogen-bond acceptors (Lipinski definition) is 5. The van der Waals surface area contributed by atoms with Crippen molar-refractivity contribution in [3.8, 4) is 11.3 Å². The number of oxime groups is 1. The minimum atomic E-state index is -4.42. The van der Waals surface area contributed by atoms with Crippen LogP contribution in [0, 0.1) is 0 Å². The summed E-state index contributed by atoms with van der Waals surface area (Å²) >= 11 is 0. The second-order valence-corrected chi connectivity index (χ2v) is 7.82. The van der Waals surface area contributed by atoms with Gasteiger partial charge in [0, 0.05) is 23.1 Å². The topological polar surface area (TPSA) is 70.7 Å². The summed E-state index contributed by atoms with van der Waals surface area (Å²) in [6.45, 7) is 0.215. The highest BCUT2D eigenvalue weighted by Crippen LogP contribution is 2.50. The van der Waals surface area contributed by atoms with Crippen LogP contribution in [-0.2, 0) is 11.6 Å². The summed E-state index contributed by atoms with van der Waals surface area (Å²) in [5, 5.41) is 16.2. The fourth-order valence-electron chi connectivity index (χ4n) is 4.21. The van der Waals surface area contributed by atoms with Gasteiger partial charge in [0.15, 0.2) is 12.2 Å². The second kappa shape index (κ2) is 8.45. The number of anilines is 1. The predicted molar refractivity (Wildman–Crippen MR) is 111 cm³/mol. The molecule has 8 heteroatoms. The summed E-state index contributed by atoms with van der Waals surface area (Å²) in [6, 6.07) is 13.2. The molecule has 1 fully saturated rings. The van der Waals surface area contributed by atoms with Crippen molar-refractivity contribution in [2.45, 2.75) is 37.3 Å². The van der Waals surface area contributed by atoms with Gasteiger partial charge >= 0.3 is 6.18 Å². The van der Waals surface area contributed by atoms with Gasteiger partial charge in [0.2, 0.25) is 0 Å². The third-order valence-electron chi connectivity index (χ3n) is 5.87. The molecular weight excluding hydrogens is 407 g/mol. The summed E-state index contributed by atoms with van der Waals surface area (Å²) < 4.78 is 46.0. The van der Waals surface area contributed by atoms with E-state index in [-0.39, 0.29) is 18.5 Å². The van der Waals surface area contributed by atoms with Crippen LogP contribution in [0.15, 0.2) is 70.7 Å². The molecule has 3 aromatic rings. The second-order valence-electron chi connectivity index (χ2n) is 7.82. The van der Waals surface area contributed by atoms with E-state index in [1.54, 1.807) is 18.3 Å². The van der Waals surface area contributed by atoms with Crippen LogP contribution >= 0.6 is 0 Å². The molecule has 2 aromatic carbocycles. The summed E-state index contributed by atoms with van der Waals surface area (Å²) in [4.78, 5) is 3.91. The van der Waals surface area contributed by atoms with Crippen molar-refractivity contribution in [2.75, 3.05) is 11.9 Å². The van der Waals surface area contributed by atoms with Gasteiger partial charge in [-0.05, 0) is 36.6 Å². The van der Waals surface area contributed by atoms with Crippen molar-refractivity contribution in [1.29, 1.82) is 0 Å². The quantitative estimate of drug-likeness (QED) is 0.270. The maximum Gasteiger partial charge on any atom is 0.416 e. The first-order valence-corrected chi connectivity index (χ1v) is 10.0. The molecule has 2 N–H and O–H groups in total. The first-order valence-electron chi connectivity index (χ1n) is 10.0. The third-order valence-corrected chi connectivity index (χ3v) is 5.87. The van der Waals surface area contributed by atoms with E-state index in [0.29, 0.717) is 24.3 Å². The van der Waals surface area contributed by atoms with Gasteiger partial charge < -0.3 is 14.9 Å². The Hall–Kier alpha value is -3.29. The first kappa shape index (κ1) is 21.0. The lowest BCUT2D eigenvalue weighted by molar-refractivity contribution is -0.139. The Morgan fingerprint density at radius 1 is 1.16 bits per heavy atom. The van der Waals surface area contributed by atoms with Crippen molar-refractivity contribution < 1.29 is 22.8 Å². The van der Waals surface area contributed by atoms with Gasteiger partial charge in [-0.1, -0.05) is 41.9 Å². The van der Waals surface area contributed by atoms with Crippen LogP contribution in [-0.4, -0.2) is 22.4 Å². The molecule has 162 valence electrons. The van der Waals surface area contributed by atoms with E-state index in [9.17, 15) is 18.4 Å². The number of oxazole rings is 1. The van der Waals surface area contributed by atoms with Crippen molar-refractivity contribution in [1.82, 2.24) is 4.98 Å². The molecule has 1 heterocycles. The molecular formula is C23H22F3N3O2. The molecule has 0 saturated heterocycles. The highest BCUT2D eigenvalue weighted by molar-refractivity contribution is 5.89. The molecule has 0 bridgehead atoms. The first-order chi connectivity index (χ1) is 14.9. The van der Waals surface area contributed by atoms with Gasteiger partial charge in [-0.25, -0.2) is 4.98 Å². The number of benzene rings is 2. The number of nitrogens with zero attached hydrogens (tertiary/aromatic N) is 2. The van der Waals surface area contributed by atoms with Crippen molar-refractivity contribution in [2.24, 2.45) is 5.16 Å². The summed E-state index contributed by atoms with van der Waals surface area (Å²) in [5.74, 6) is 0.622. The average Bonchev–Trinajstić information content (AvgIpc) is 3.27. The average molecular weight is 429 g/mol. The maximum absolute atomic E-state index is 13.6. The highest BCUT2D eigenvalue weighted by atomic mass is 19.4. The minimum absolute atomic E-state index is 0.215. The fourth-order valence-corrected chi connectivity index (χ4v) is 4.21. The summed E-state index contributed by atoms with van der Waals surface area (Å²) in [5.41, 5.74) is 1.01. The van der Waals surface area contributed by atoms with Crippen LogP contribution in [0.1, 0.15) is 36.8 Å². The SMILES string of the molecule is ON=C(CNc1cccc(-c2cnco2)c1)CC1(c2ccccc2C(F)(F)F)CCC1. The van der Waals surface area contributed by atoms with E-state index >= 15 is 0 Å². The molecule has 1 aromatic heterocycles. The Kier molecular flexibility index (Phi) is 5.71. The zero-order valence-electron chi connectivity index (χ0n) is 16.7. The Morgan fingerprint density at radius 2 is 1.97 bits per heavy atom. The van der Waals surface area contributed by atoms with Gasteiger partial charge in [0.1, 0.15) is 0 Å². The number of nitrogens with one attached hydrogen (secondary N) is 1. The smallest absolute Gasteiger partial charge is 0.416 e. The molecule has 0 spiro atoms. The monoisotopic (exact) mass is 429 g/mol. The molecule has 0 amide bonds. The van der Waals surface area contributed by atoms with Crippen molar-refractivity contribution in [3.05, 3.63) is 72.2 Å². The maximum atomic E-state index is 13.6. The lowest BCUT2D eigenvalue weighted by Crippen LogP contribution is -2.39. The number of rotatable bonds is 7. The van der Waals surface area contributed by atoms with Crippen LogP contribution < -0.4 is 5.32 Å². The third kappa shape index (κ3) is 4.42. The lowest BCUT2D eigenvalue weighted by Gasteiger charge is -2.44. The Morgan fingerprint density at radius 3 is 2.61 bits per heavy atom. The molecule has 1 saturated carbocycles. The molecule has 0 unspecified atom stereocenters. The molecule has 1 aliphatic rings. The normalized spacial score (nSPS) is 16.0. The zero-order chi connectivity index (χ0) is 21.9. The molecule has 4 rings (SSSR count). The van der Waals surface area contributed by atoms with Crippen LogP contribution in [0.4, 0.5) is 18.9 Å². The van der Waals surface area contributed by atoms with Crippen LogP contribution in [0.5, 0.6) is 0 Å². The molecule has 1 aliphatic carbocycles. The van der Waals surface area contributed by atoms with Crippen LogP contribution in [0.25, 0.3) is 11.3 Å². The number of hydrogen-bond donors (Lipinski definition) is 2. The van der Waals surface area contributed by atoms with Gasteiger partial charge in [-0.2, -0.15) is 13.2 Å². The van der Waals surface area contributed by atoms with E-state index in [0.717, 1.165) is 23.7 Å². The molecule has 5 nitrogen and oxygen atoms in total. The van der Waals surface area contributed by atoms with Gasteiger partial charge in [0.05, 0.1) is 24.0 Å². The molecule has 0 aliphatic heterocycles.